The van der Waals surface area contributed by atoms with E-state index in [1.165, 1.54) is 5.69 Å². The average molecular weight is 324 g/mol. The monoisotopic (exact) mass is 324 g/mol. The molecule has 24 heavy (non-hydrogen) atoms. The molecule has 0 bridgehead atoms. The van der Waals surface area contributed by atoms with Gasteiger partial charge < -0.3 is 14.5 Å². The number of ether oxygens (including phenoxy) is 1. The lowest BCUT2D eigenvalue weighted by Crippen LogP contribution is -2.36. The van der Waals surface area contributed by atoms with Crippen LogP contribution in [0.2, 0.25) is 0 Å². The summed E-state index contributed by atoms with van der Waals surface area (Å²) in [5, 5.41) is 0. The number of aryl methyl sites for hydroxylation is 1. The zero-order valence-corrected chi connectivity index (χ0v) is 14.4. The van der Waals surface area contributed by atoms with Gasteiger partial charge in [0.05, 0.1) is 13.2 Å². The maximum absolute atomic E-state index is 12.5. The summed E-state index contributed by atoms with van der Waals surface area (Å²) in [5.41, 5.74) is 4.19. The number of rotatable bonds is 4. The lowest BCUT2D eigenvalue weighted by molar-refractivity contribution is 0.0785. The fourth-order valence-electron chi connectivity index (χ4n) is 2.98. The molecule has 1 fully saturated rings. The second-order valence-corrected chi connectivity index (χ2v) is 6.30. The molecule has 1 aliphatic heterocycles. The Morgan fingerprint density at radius 3 is 2.50 bits per heavy atom. The second kappa shape index (κ2) is 7.49. The molecule has 0 aromatic heterocycles. The Kier molecular flexibility index (Phi) is 5.16. The van der Waals surface area contributed by atoms with Crippen molar-refractivity contribution >= 4 is 11.6 Å². The van der Waals surface area contributed by atoms with Crippen LogP contribution in [0.15, 0.2) is 48.5 Å². The van der Waals surface area contributed by atoms with Crippen LogP contribution in [0, 0.1) is 6.92 Å². The smallest absolute Gasteiger partial charge is 0.253 e. The Morgan fingerprint density at radius 2 is 1.83 bits per heavy atom. The van der Waals surface area contributed by atoms with E-state index in [2.05, 4.69) is 29.2 Å². The molecule has 0 unspecified atom stereocenters. The van der Waals surface area contributed by atoms with Gasteiger partial charge in [0.2, 0.25) is 0 Å². The van der Waals surface area contributed by atoms with Crippen LogP contribution in [0.3, 0.4) is 0 Å². The van der Waals surface area contributed by atoms with Crippen molar-refractivity contribution in [3.8, 4) is 0 Å². The minimum atomic E-state index is 0.0518. The molecule has 1 heterocycles. The number of carbonyl (C=O) groups is 1. The molecule has 1 aliphatic rings. The van der Waals surface area contributed by atoms with E-state index in [1.807, 2.05) is 38.2 Å². The van der Waals surface area contributed by atoms with Crippen LogP contribution in [-0.4, -0.2) is 44.2 Å². The molecule has 0 radical (unpaired) electrons. The van der Waals surface area contributed by atoms with Gasteiger partial charge in [0, 0.05) is 37.9 Å². The molecule has 1 saturated heterocycles. The summed E-state index contributed by atoms with van der Waals surface area (Å²) in [7, 11) is 1.85. The van der Waals surface area contributed by atoms with E-state index in [4.69, 9.17) is 4.74 Å². The highest BCUT2D eigenvalue weighted by Gasteiger charge is 2.13. The topological polar surface area (TPSA) is 32.8 Å². The predicted octanol–water partition coefficient (Wildman–Crippen LogP) is 3.10. The number of hydrogen-bond donors (Lipinski definition) is 0. The van der Waals surface area contributed by atoms with Crippen molar-refractivity contribution < 1.29 is 9.53 Å². The van der Waals surface area contributed by atoms with Gasteiger partial charge in [-0.3, -0.25) is 4.79 Å². The van der Waals surface area contributed by atoms with Gasteiger partial charge >= 0.3 is 0 Å². The zero-order chi connectivity index (χ0) is 16.9. The number of carbonyl (C=O) groups excluding carboxylic acids is 1. The molecule has 4 nitrogen and oxygen atoms in total. The summed E-state index contributed by atoms with van der Waals surface area (Å²) in [6.45, 7) is 6.05. The standard InChI is InChI=1S/C20H24N2O2/c1-16-4-3-5-18(14-16)20(23)21(2)15-17-6-8-19(9-7-17)22-10-12-24-13-11-22/h3-9,14H,10-13,15H2,1-2H3. The van der Waals surface area contributed by atoms with E-state index in [0.29, 0.717) is 6.54 Å². The number of hydrogen-bond acceptors (Lipinski definition) is 3. The average Bonchev–Trinajstić information content (AvgIpc) is 2.62. The highest BCUT2D eigenvalue weighted by molar-refractivity contribution is 5.94. The molecule has 2 aromatic rings. The van der Waals surface area contributed by atoms with Crippen molar-refractivity contribution in [3.05, 3.63) is 65.2 Å². The van der Waals surface area contributed by atoms with Crippen molar-refractivity contribution in [3.63, 3.8) is 0 Å². The Morgan fingerprint density at radius 1 is 1.12 bits per heavy atom. The van der Waals surface area contributed by atoms with E-state index in [1.54, 1.807) is 4.90 Å². The van der Waals surface area contributed by atoms with Crippen molar-refractivity contribution in [2.75, 3.05) is 38.3 Å². The Hall–Kier alpha value is -2.33. The molecule has 0 saturated carbocycles. The fourth-order valence-corrected chi connectivity index (χ4v) is 2.98. The summed E-state index contributed by atoms with van der Waals surface area (Å²) >= 11 is 0. The molecular weight excluding hydrogens is 300 g/mol. The van der Waals surface area contributed by atoms with Crippen LogP contribution in [0.1, 0.15) is 21.5 Å². The number of amides is 1. The van der Waals surface area contributed by atoms with Gasteiger partial charge in [-0.05, 0) is 36.8 Å². The highest BCUT2D eigenvalue weighted by Crippen LogP contribution is 2.18. The van der Waals surface area contributed by atoms with Crippen LogP contribution in [0.4, 0.5) is 5.69 Å². The SMILES string of the molecule is Cc1cccc(C(=O)N(C)Cc2ccc(N3CCOCC3)cc2)c1. The molecule has 0 spiro atoms. The van der Waals surface area contributed by atoms with Crippen LogP contribution in [0.5, 0.6) is 0 Å². The van der Waals surface area contributed by atoms with Crippen LogP contribution in [-0.2, 0) is 11.3 Å². The molecule has 4 heteroatoms. The molecule has 3 rings (SSSR count). The zero-order valence-electron chi connectivity index (χ0n) is 14.4. The number of nitrogens with zero attached hydrogens (tertiary/aromatic N) is 2. The molecule has 0 aliphatic carbocycles. The summed E-state index contributed by atoms with van der Waals surface area (Å²) in [5.74, 6) is 0.0518. The van der Waals surface area contributed by atoms with E-state index in [9.17, 15) is 4.79 Å². The first-order valence-electron chi connectivity index (χ1n) is 8.37. The summed E-state index contributed by atoms with van der Waals surface area (Å²) in [4.78, 5) is 16.6. The Balaban J connectivity index is 1.63. The van der Waals surface area contributed by atoms with E-state index in [-0.39, 0.29) is 5.91 Å². The molecule has 2 aromatic carbocycles. The van der Waals surface area contributed by atoms with E-state index < -0.39 is 0 Å². The lowest BCUT2D eigenvalue weighted by Gasteiger charge is -2.29. The van der Waals surface area contributed by atoms with Gasteiger partial charge in [0.15, 0.2) is 0 Å². The molecular formula is C20H24N2O2. The van der Waals surface area contributed by atoms with Crippen molar-refractivity contribution in [2.24, 2.45) is 0 Å². The third-order valence-electron chi connectivity index (χ3n) is 4.34. The van der Waals surface area contributed by atoms with Crippen LogP contribution < -0.4 is 4.90 Å². The van der Waals surface area contributed by atoms with E-state index in [0.717, 1.165) is 43.0 Å². The molecule has 0 atom stereocenters. The molecule has 126 valence electrons. The predicted molar refractivity (Wildman–Crippen MR) is 96.5 cm³/mol. The molecule has 0 N–H and O–H groups in total. The van der Waals surface area contributed by atoms with Crippen molar-refractivity contribution in [1.82, 2.24) is 4.90 Å². The van der Waals surface area contributed by atoms with Crippen LogP contribution in [0.25, 0.3) is 0 Å². The molecule has 1 amide bonds. The third-order valence-corrected chi connectivity index (χ3v) is 4.34. The normalized spacial score (nSPS) is 14.5. The van der Waals surface area contributed by atoms with Gasteiger partial charge in [-0.15, -0.1) is 0 Å². The maximum Gasteiger partial charge on any atom is 0.253 e. The summed E-state index contributed by atoms with van der Waals surface area (Å²) in [6, 6.07) is 16.2. The first-order valence-corrected chi connectivity index (χ1v) is 8.37. The van der Waals surface area contributed by atoms with Gasteiger partial charge in [-0.1, -0.05) is 29.8 Å². The Bertz CT molecular complexity index is 691. The van der Waals surface area contributed by atoms with Gasteiger partial charge in [-0.25, -0.2) is 0 Å². The lowest BCUT2D eigenvalue weighted by atomic mass is 10.1. The van der Waals surface area contributed by atoms with E-state index >= 15 is 0 Å². The number of anilines is 1. The van der Waals surface area contributed by atoms with Gasteiger partial charge in [0.1, 0.15) is 0 Å². The number of benzene rings is 2. The highest BCUT2D eigenvalue weighted by atomic mass is 16.5. The maximum atomic E-state index is 12.5. The first-order chi connectivity index (χ1) is 11.6. The fraction of sp³-hybridized carbons (Fsp3) is 0.350. The largest absolute Gasteiger partial charge is 0.378 e. The minimum Gasteiger partial charge on any atom is -0.378 e. The summed E-state index contributed by atoms with van der Waals surface area (Å²) in [6.07, 6.45) is 0. The van der Waals surface area contributed by atoms with Crippen LogP contribution >= 0.6 is 0 Å². The Labute approximate surface area is 143 Å². The third kappa shape index (κ3) is 3.95. The van der Waals surface area contributed by atoms with Crippen molar-refractivity contribution in [1.29, 1.82) is 0 Å². The summed E-state index contributed by atoms with van der Waals surface area (Å²) < 4.78 is 5.39. The number of morpholine rings is 1. The quantitative estimate of drug-likeness (QED) is 0.866. The van der Waals surface area contributed by atoms with Gasteiger partial charge in [-0.2, -0.15) is 0 Å². The first kappa shape index (κ1) is 16.5. The van der Waals surface area contributed by atoms with Crippen molar-refractivity contribution in [2.45, 2.75) is 13.5 Å². The van der Waals surface area contributed by atoms with Gasteiger partial charge in [0.25, 0.3) is 5.91 Å². The minimum absolute atomic E-state index is 0.0518. The second-order valence-electron chi connectivity index (χ2n) is 6.30.